The van der Waals surface area contributed by atoms with Crippen molar-refractivity contribution in [1.82, 2.24) is 14.3 Å². The van der Waals surface area contributed by atoms with Gasteiger partial charge < -0.3 is 0 Å². The third-order valence-electron chi connectivity index (χ3n) is 3.76. The summed E-state index contributed by atoms with van der Waals surface area (Å²) in [5.74, 6) is -1.24. The molecule has 1 aromatic carbocycles. The summed E-state index contributed by atoms with van der Waals surface area (Å²) in [7, 11) is -2.63. The molecule has 27 heavy (non-hydrogen) atoms. The molecule has 0 atom stereocenters. The monoisotopic (exact) mass is 393 g/mol. The molecule has 0 aliphatic rings. The van der Waals surface area contributed by atoms with Crippen LogP contribution in [0.5, 0.6) is 0 Å². The van der Waals surface area contributed by atoms with Gasteiger partial charge in [-0.25, -0.2) is 17.6 Å². The molecule has 2 rings (SSSR count). The van der Waals surface area contributed by atoms with Crippen molar-refractivity contribution >= 4 is 15.7 Å². The van der Waals surface area contributed by atoms with E-state index in [1.807, 2.05) is 0 Å². The maximum Gasteiger partial charge on any atom is 0.352 e. The third-order valence-corrected chi connectivity index (χ3v) is 5.51. The van der Waals surface area contributed by atoms with Crippen molar-refractivity contribution in [2.45, 2.75) is 6.92 Å². The van der Waals surface area contributed by atoms with Crippen LogP contribution < -0.4 is 15.6 Å². The van der Waals surface area contributed by atoms with Crippen LogP contribution in [0.25, 0.3) is 5.69 Å². The molecule has 11 heteroatoms. The van der Waals surface area contributed by atoms with Crippen molar-refractivity contribution < 1.29 is 12.8 Å². The summed E-state index contributed by atoms with van der Waals surface area (Å²) in [6, 6.07) is 3.58. The smallest absolute Gasteiger partial charge is 0.267 e. The van der Waals surface area contributed by atoms with Gasteiger partial charge in [0.25, 0.3) is 5.56 Å². The van der Waals surface area contributed by atoms with Gasteiger partial charge in [-0.15, -0.1) is 6.58 Å². The minimum Gasteiger partial charge on any atom is -0.267 e. The average Bonchev–Trinajstić information content (AvgIpc) is 2.64. The first kappa shape index (κ1) is 20.1. The Hall–Kier alpha value is -3.26. The molecule has 0 aliphatic heterocycles. The lowest BCUT2D eigenvalue weighted by Gasteiger charge is -2.24. The summed E-state index contributed by atoms with van der Waals surface area (Å²) in [6.45, 7) is 4.75. The Labute approximate surface area is 154 Å². The van der Waals surface area contributed by atoms with Crippen LogP contribution in [-0.4, -0.2) is 35.1 Å². The van der Waals surface area contributed by atoms with Gasteiger partial charge in [-0.2, -0.15) is 15.0 Å². The minimum absolute atomic E-state index is 0.127. The Bertz CT molecular complexity index is 1160. The van der Waals surface area contributed by atoms with Crippen LogP contribution in [0.4, 0.5) is 10.1 Å². The predicted octanol–water partition coefficient (Wildman–Crippen LogP) is 0.284. The SMILES string of the molecule is C=CCN(c1cc(-n2ncc(=O)n(C)c2=O)c(F)cc1C#N)S(=O)(=O)CC. The summed E-state index contributed by atoms with van der Waals surface area (Å²) < 4.78 is 41.6. The highest BCUT2D eigenvalue weighted by molar-refractivity contribution is 7.92. The van der Waals surface area contributed by atoms with Gasteiger partial charge in [0.1, 0.15) is 18.0 Å². The lowest BCUT2D eigenvalue weighted by atomic mass is 10.1. The summed E-state index contributed by atoms with van der Waals surface area (Å²) in [4.78, 5) is 23.7. The van der Waals surface area contributed by atoms with E-state index in [-0.39, 0.29) is 23.5 Å². The van der Waals surface area contributed by atoms with E-state index >= 15 is 0 Å². The number of halogens is 1. The molecule has 0 spiro atoms. The standard InChI is InChI=1S/C16H16FN5O4S/c1-4-6-21(27(25,26)5-2)13-8-14(12(17)7-11(13)9-18)22-16(24)20(3)15(23)10-19-22/h4,7-8,10H,1,5-6H2,2-3H3. The molecule has 1 aromatic heterocycles. The number of anilines is 1. The first-order valence-electron chi connectivity index (χ1n) is 7.68. The van der Waals surface area contributed by atoms with E-state index in [0.717, 1.165) is 22.6 Å². The molecule has 0 saturated carbocycles. The normalized spacial score (nSPS) is 11.0. The van der Waals surface area contributed by atoms with Gasteiger partial charge >= 0.3 is 5.69 Å². The zero-order valence-electron chi connectivity index (χ0n) is 14.6. The zero-order chi connectivity index (χ0) is 20.4. The van der Waals surface area contributed by atoms with Crippen LogP contribution in [-0.2, 0) is 17.1 Å². The van der Waals surface area contributed by atoms with Crippen molar-refractivity contribution in [2.75, 3.05) is 16.6 Å². The van der Waals surface area contributed by atoms with Gasteiger partial charge in [0.05, 0.1) is 23.5 Å². The molecular weight excluding hydrogens is 377 g/mol. The zero-order valence-corrected chi connectivity index (χ0v) is 15.4. The predicted molar refractivity (Wildman–Crippen MR) is 96.8 cm³/mol. The number of nitrogens with zero attached hydrogens (tertiary/aromatic N) is 5. The van der Waals surface area contributed by atoms with Crippen LogP contribution in [0, 0.1) is 17.1 Å². The molecule has 0 saturated heterocycles. The van der Waals surface area contributed by atoms with Crippen LogP contribution in [0.1, 0.15) is 12.5 Å². The molecule has 0 unspecified atom stereocenters. The molecule has 142 valence electrons. The largest absolute Gasteiger partial charge is 0.352 e. The fourth-order valence-corrected chi connectivity index (χ4v) is 3.38. The number of benzene rings is 1. The summed E-state index contributed by atoms with van der Waals surface area (Å²) in [5.41, 5.74) is -2.38. The van der Waals surface area contributed by atoms with E-state index in [2.05, 4.69) is 11.7 Å². The second kappa shape index (κ2) is 7.55. The maximum atomic E-state index is 14.5. The van der Waals surface area contributed by atoms with Crippen LogP contribution in [0.3, 0.4) is 0 Å². The van der Waals surface area contributed by atoms with Gasteiger partial charge in [0.15, 0.2) is 5.82 Å². The van der Waals surface area contributed by atoms with Crippen molar-refractivity contribution in [2.24, 2.45) is 7.05 Å². The van der Waals surface area contributed by atoms with Gasteiger partial charge in [-0.1, -0.05) is 6.08 Å². The third kappa shape index (κ3) is 3.65. The van der Waals surface area contributed by atoms with E-state index in [1.165, 1.54) is 20.0 Å². The highest BCUT2D eigenvalue weighted by Crippen LogP contribution is 2.28. The fourth-order valence-electron chi connectivity index (χ4n) is 2.29. The molecule has 0 amide bonds. The second-order valence-corrected chi connectivity index (χ2v) is 7.57. The summed E-state index contributed by atoms with van der Waals surface area (Å²) in [5, 5.41) is 12.9. The number of nitriles is 1. The molecule has 0 radical (unpaired) electrons. The lowest BCUT2D eigenvalue weighted by molar-refractivity contribution is 0.583. The van der Waals surface area contributed by atoms with E-state index in [0.29, 0.717) is 9.25 Å². The van der Waals surface area contributed by atoms with E-state index < -0.39 is 32.8 Å². The van der Waals surface area contributed by atoms with Gasteiger partial charge in [0.2, 0.25) is 10.0 Å². The number of rotatable bonds is 6. The molecule has 1 heterocycles. The average molecular weight is 393 g/mol. The lowest BCUT2D eigenvalue weighted by Crippen LogP contribution is -2.39. The van der Waals surface area contributed by atoms with Gasteiger partial charge in [0, 0.05) is 7.05 Å². The van der Waals surface area contributed by atoms with Crippen molar-refractivity contribution in [3.63, 3.8) is 0 Å². The Balaban J connectivity index is 2.86. The molecule has 9 nitrogen and oxygen atoms in total. The highest BCUT2D eigenvalue weighted by Gasteiger charge is 2.25. The minimum atomic E-state index is -3.82. The van der Waals surface area contributed by atoms with Crippen molar-refractivity contribution in [1.29, 1.82) is 5.26 Å². The fraction of sp³-hybridized carbons (Fsp3) is 0.250. The molecule has 0 bridgehead atoms. The Morgan fingerprint density at radius 1 is 1.41 bits per heavy atom. The molecule has 0 aliphatic carbocycles. The van der Waals surface area contributed by atoms with Crippen molar-refractivity contribution in [3.8, 4) is 11.8 Å². The highest BCUT2D eigenvalue weighted by atomic mass is 32.2. The van der Waals surface area contributed by atoms with Gasteiger partial charge in [-0.3, -0.25) is 13.7 Å². The summed E-state index contributed by atoms with van der Waals surface area (Å²) >= 11 is 0. The maximum absolute atomic E-state index is 14.5. The topological polar surface area (TPSA) is 118 Å². The first-order valence-corrected chi connectivity index (χ1v) is 9.29. The molecular formula is C16H16FN5O4S. The van der Waals surface area contributed by atoms with Gasteiger partial charge in [-0.05, 0) is 19.1 Å². The number of hydrogen-bond acceptors (Lipinski definition) is 6. The quantitative estimate of drug-likeness (QED) is 0.651. The first-order chi connectivity index (χ1) is 12.7. The van der Waals surface area contributed by atoms with Crippen LogP contribution in [0.2, 0.25) is 0 Å². The van der Waals surface area contributed by atoms with E-state index in [4.69, 9.17) is 0 Å². The number of hydrogen-bond donors (Lipinski definition) is 0. The second-order valence-electron chi connectivity index (χ2n) is 5.39. The van der Waals surface area contributed by atoms with E-state index in [1.54, 1.807) is 6.07 Å². The summed E-state index contributed by atoms with van der Waals surface area (Å²) in [6.07, 6.45) is 2.14. The van der Waals surface area contributed by atoms with Crippen molar-refractivity contribution in [3.05, 3.63) is 63.2 Å². The Morgan fingerprint density at radius 3 is 2.63 bits per heavy atom. The molecule has 2 aromatic rings. The number of sulfonamides is 1. The molecule has 0 fully saturated rings. The Kier molecular flexibility index (Phi) is 5.61. The Morgan fingerprint density at radius 2 is 2.07 bits per heavy atom. The van der Waals surface area contributed by atoms with Crippen LogP contribution in [0.15, 0.2) is 40.6 Å². The van der Waals surface area contributed by atoms with Crippen LogP contribution >= 0.6 is 0 Å². The van der Waals surface area contributed by atoms with E-state index in [9.17, 15) is 27.7 Å². The molecule has 0 N–H and O–H groups in total. The number of aromatic nitrogens is 3.